The average Bonchev–Trinajstić information content (AvgIpc) is 3.02. The molecule has 0 atom stereocenters. The lowest BCUT2D eigenvalue weighted by atomic mass is 10.1. The molecule has 0 saturated carbocycles. The molecule has 0 saturated heterocycles. The van der Waals surface area contributed by atoms with Crippen LogP contribution in [0.4, 0.5) is 4.39 Å². The van der Waals surface area contributed by atoms with Crippen molar-refractivity contribution < 1.29 is 4.39 Å². The fraction of sp³-hybridized carbons (Fsp3) is 0.263. The molecule has 6 heteroatoms. The summed E-state index contributed by atoms with van der Waals surface area (Å²) in [6.07, 6.45) is 4.52. The fourth-order valence-corrected chi connectivity index (χ4v) is 2.67. The van der Waals surface area contributed by atoms with Crippen LogP contribution in [-0.2, 0) is 13.0 Å². The van der Waals surface area contributed by atoms with Crippen LogP contribution in [-0.4, -0.2) is 29.0 Å². The van der Waals surface area contributed by atoms with Crippen molar-refractivity contribution >= 4 is 16.9 Å². The second-order valence-corrected chi connectivity index (χ2v) is 5.70. The zero-order valence-corrected chi connectivity index (χ0v) is 14.2. The molecule has 0 spiro atoms. The Morgan fingerprint density at radius 2 is 2.16 bits per heavy atom. The van der Waals surface area contributed by atoms with Gasteiger partial charge in [0.1, 0.15) is 5.82 Å². The fourth-order valence-electron chi connectivity index (χ4n) is 2.67. The van der Waals surface area contributed by atoms with Crippen LogP contribution in [0, 0.1) is 5.82 Å². The van der Waals surface area contributed by atoms with Crippen LogP contribution in [0.5, 0.6) is 0 Å². The number of nitrogens with zero attached hydrogens (tertiary/aromatic N) is 2. The molecule has 0 aliphatic heterocycles. The number of guanidine groups is 1. The zero-order chi connectivity index (χ0) is 17.5. The second-order valence-electron chi connectivity index (χ2n) is 5.70. The number of hydrogen-bond donors (Lipinski definition) is 3. The first-order chi connectivity index (χ1) is 12.3. The van der Waals surface area contributed by atoms with Crippen molar-refractivity contribution in [2.45, 2.75) is 19.9 Å². The van der Waals surface area contributed by atoms with Crippen molar-refractivity contribution in [2.24, 2.45) is 4.99 Å². The first-order valence-corrected chi connectivity index (χ1v) is 8.44. The van der Waals surface area contributed by atoms with Crippen molar-refractivity contribution in [1.82, 2.24) is 20.6 Å². The van der Waals surface area contributed by atoms with Crippen LogP contribution in [0.15, 0.2) is 53.8 Å². The van der Waals surface area contributed by atoms with Crippen molar-refractivity contribution in [3.8, 4) is 0 Å². The quantitative estimate of drug-likeness (QED) is 0.478. The number of H-pyrrole nitrogens is 1. The normalized spacial score (nSPS) is 11.7. The molecule has 3 rings (SSSR count). The Labute approximate surface area is 146 Å². The van der Waals surface area contributed by atoms with Gasteiger partial charge in [0.2, 0.25) is 0 Å². The van der Waals surface area contributed by atoms with Gasteiger partial charge in [0.05, 0.1) is 12.2 Å². The molecule has 0 aliphatic carbocycles. The number of rotatable bonds is 6. The van der Waals surface area contributed by atoms with Crippen molar-refractivity contribution in [1.29, 1.82) is 0 Å². The molecule has 0 bridgehead atoms. The minimum atomic E-state index is -0.227. The van der Waals surface area contributed by atoms with E-state index in [4.69, 9.17) is 0 Å². The van der Waals surface area contributed by atoms with Gasteiger partial charge in [-0.1, -0.05) is 6.07 Å². The van der Waals surface area contributed by atoms with E-state index >= 15 is 0 Å². The molecular formula is C19H22FN5. The van der Waals surface area contributed by atoms with Gasteiger partial charge in [-0.25, -0.2) is 9.38 Å². The number of halogens is 1. The molecule has 130 valence electrons. The molecule has 0 amide bonds. The van der Waals surface area contributed by atoms with Crippen LogP contribution >= 0.6 is 0 Å². The van der Waals surface area contributed by atoms with E-state index in [0.29, 0.717) is 6.54 Å². The highest BCUT2D eigenvalue weighted by molar-refractivity contribution is 5.83. The lowest BCUT2D eigenvalue weighted by Gasteiger charge is -2.11. The summed E-state index contributed by atoms with van der Waals surface area (Å²) in [5.41, 5.74) is 2.91. The number of aliphatic imine (C=N–C) groups is 1. The Balaban J connectivity index is 1.59. The lowest BCUT2D eigenvalue weighted by molar-refractivity contribution is 0.629. The molecule has 3 aromatic rings. The molecule has 0 radical (unpaired) electrons. The summed E-state index contributed by atoms with van der Waals surface area (Å²) in [4.78, 5) is 11.9. The number of hydrogen-bond acceptors (Lipinski definition) is 2. The number of aromatic nitrogens is 2. The first kappa shape index (κ1) is 17.0. The summed E-state index contributed by atoms with van der Waals surface area (Å²) >= 11 is 0. The molecule has 5 nitrogen and oxygen atoms in total. The molecule has 0 aliphatic rings. The Morgan fingerprint density at radius 1 is 1.24 bits per heavy atom. The highest BCUT2D eigenvalue weighted by Crippen LogP contribution is 2.19. The zero-order valence-electron chi connectivity index (χ0n) is 14.2. The number of fused-ring (bicyclic) bond motifs is 1. The van der Waals surface area contributed by atoms with Crippen LogP contribution in [0.25, 0.3) is 10.9 Å². The third-order valence-corrected chi connectivity index (χ3v) is 3.89. The van der Waals surface area contributed by atoms with E-state index in [0.717, 1.165) is 47.6 Å². The highest BCUT2D eigenvalue weighted by atomic mass is 19.1. The van der Waals surface area contributed by atoms with Gasteiger partial charge in [0.25, 0.3) is 0 Å². The molecule has 0 unspecified atom stereocenters. The minimum Gasteiger partial charge on any atom is -0.361 e. The summed E-state index contributed by atoms with van der Waals surface area (Å²) < 4.78 is 13.3. The number of benzene rings is 1. The molecule has 2 heterocycles. The molecule has 1 aromatic carbocycles. The smallest absolute Gasteiger partial charge is 0.191 e. The Kier molecular flexibility index (Phi) is 5.61. The van der Waals surface area contributed by atoms with Gasteiger partial charge in [0, 0.05) is 36.4 Å². The maximum atomic E-state index is 13.3. The largest absolute Gasteiger partial charge is 0.361 e. The molecule has 25 heavy (non-hydrogen) atoms. The van der Waals surface area contributed by atoms with Crippen LogP contribution < -0.4 is 10.6 Å². The molecule has 0 fully saturated rings. The first-order valence-electron chi connectivity index (χ1n) is 8.44. The van der Waals surface area contributed by atoms with E-state index in [-0.39, 0.29) is 5.82 Å². The summed E-state index contributed by atoms with van der Waals surface area (Å²) in [6, 6.07) is 10.6. The third kappa shape index (κ3) is 4.56. The number of pyridine rings is 1. The monoisotopic (exact) mass is 339 g/mol. The summed E-state index contributed by atoms with van der Waals surface area (Å²) in [5.74, 6) is 0.536. The van der Waals surface area contributed by atoms with Crippen LogP contribution in [0.3, 0.4) is 0 Å². The van der Waals surface area contributed by atoms with Crippen LogP contribution in [0.1, 0.15) is 18.2 Å². The number of aromatic amines is 1. The second kappa shape index (κ2) is 8.28. The van der Waals surface area contributed by atoms with Gasteiger partial charge in [-0.05, 0) is 49.2 Å². The Morgan fingerprint density at radius 3 is 2.96 bits per heavy atom. The number of nitrogens with one attached hydrogen (secondary N) is 3. The lowest BCUT2D eigenvalue weighted by Crippen LogP contribution is -2.38. The molecule has 2 aromatic heterocycles. The highest BCUT2D eigenvalue weighted by Gasteiger charge is 2.05. The minimum absolute atomic E-state index is 0.227. The van der Waals surface area contributed by atoms with Gasteiger partial charge in [0.15, 0.2) is 5.96 Å². The van der Waals surface area contributed by atoms with E-state index in [2.05, 4.69) is 25.6 Å². The predicted octanol–water partition coefficient (Wildman–Crippen LogP) is 3.00. The summed E-state index contributed by atoms with van der Waals surface area (Å²) in [7, 11) is 0. The van der Waals surface area contributed by atoms with Crippen molar-refractivity contribution in [2.75, 3.05) is 13.1 Å². The maximum absolute atomic E-state index is 13.3. The van der Waals surface area contributed by atoms with Crippen molar-refractivity contribution in [3.05, 3.63) is 65.9 Å². The summed E-state index contributed by atoms with van der Waals surface area (Å²) in [6.45, 7) is 4.09. The molecular weight excluding hydrogens is 317 g/mol. The van der Waals surface area contributed by atoms with E-state index in [1.54, 1.807) is 6.20 Å². The maximum Gasteiger partial charge on any atom is 0.191 e. The topological polar surface area (TPSA) is 65.1 Å². The standard InChI is InChI=1S/C19H22FN5/c1-2-21-19(25-13-16-5-3-4-9-22-16)23-10-8-14-12-24-18-11-15(20)6-7-17(14)18/h3-7,9,11-12,24H,2,8,10,13H2,1H3,(H2,21,23,25). The van der Waals surface area contributed by atoms with Crippen LogP contribution in [0.2, 0.25) is 0 Å². The average molecular weight is 339 g/mol. The third-order valence-electron chi connectivity index (χ3n) is 3.89. The summed E-state index contributed by atoms with van der Waals surface area (Å²) in [5, 5.41) is 7.61. The van der Waals surface area contributed by atoms with E-state index < -0.39 is 0 Å². The molecule has 3 N–H and O–H groups in total. The van der Waals surface area contributed by atoms with Gasteiger partial charge in [-0.3, -0.25) is 4.98 Å². The predicted molar refractivity (Wildman–Crippen MR) is 99.0 cm³/mol. The van der Waals surface area contributed by atoms with E-state index in [9.17, 15) is 4.39 Å². The SMILES string of the molecule is CCNC(=NCc1ccccn1)NCCc1c[nH]c2cc(F)ccc12. The van der Waals surface area contributed by atoms with Gasteiger partial charge in [-0.2, -0.15) is 0 Å². The van der Waals surface area contributed by atoms with Gasteiger partial charge >= 0.3 is 0 Å². The van der Waals surface area contributed by atoms with Gasteiger partial charge < -0.3 is 15.6 Å². The van der Waals surface area contributed by atoms with Gasteiger partial charge in [-0.15, -0.1) is 0 Å². The van der Waals surface area contributed by atoms with E-state index in [1.165, 1.54) is 12.1 Å². The van der Waals surface area contributed by atoms with E-state index in [1.807, 2.05) is 37.4 Å². The Bertz CT molecular complexity index is 841. The van der Waals surface area contributed by atoms with Crippen molar-refractivity contribution in [3.63, 3.8) is 0 Å². The Hall–Kier alpha value is -2.89.